The van der Waals surface area contributed by atoms with Gasteiger partial charge in [0, 0.05) is 32.6 Å². The molecule has 0 unspecified atom stereocenters. The highest BCUT2D eigenvalue weighted by molar-refractivity contribution is 5.79. The van der Waals surface area contributed by atoms with Gasteiger partial charge in [-0.05, 0) is 40.8 Å². The van der Waals surface area contributed by atoms with Crippen LogP contribution in [0.4, 0.5) is 4.39 Å². The van der Waals surface area contributed by atoms with Crippen molar-refractivity contribution in [2.75, 3.05) is 13.7 Å². The predicted octanol–water partition coefficient (Wildman–Crippen LogP) is 2.49. The van der Waals surface area contributed by atoms with E-state index in [4.69, 9.17) is 4.74 Å². The maximum atomic E-state index is 13.2. The number of nitrogens with zero attached hydrogens (tertiary/aromatic N) is 2. The van der Waals surface area contributed by atoms with Crippen LogP contribution in [-0.2, 0) is 35.5 Å². The molecule has 0 saturated heterocycles. The Morgan fingerprint density at radius 1 is 1.39 bits per heavy atom. The number of rotatable bonds is 4. The van der Waals surface area contributed by atoms with Gasteiger partial charge in [-0.25, -0.2) is 4.39 Å². The van der Waals surface area contributed by atoms with Gasteiger partial charge in [0.1, 0.15) is 5.82 Å². The lowest BCUT2D eigenvalue weighted by Crippen LogP contribution is -2.37. The van der Waals surface area contributed by atoms with Gasteiger partial charge < -0.3 is 9.64 Å². The number of pyridine rings is 1. The molecule has 1 amide bonds. The van der Waals surface area contributed by atoms with Gasteiger partial charge in [0.05, 0.1) is 13.0 Å². The van der Waals surface area contributed by atoms with E-state index in [0.717, 1.165) is 17.5 Å². The summed E-state index contributed by atoms with van der Waals surface area (Å²) in [6, 6.07) is 6.20. The van der Waals surface area contributed by atoms with Crippen LogP contribution < -0.4 is 0 Å². The van der Waals surface area contributed by atoms with Gasteiger partial charge in [-0.2, -0.15) is 0 Å². The molecular weight excluding hydrogens is 295 g/mol. The largest absolute Gasteiger partial charge is 0.380 e. The summed E-state index contributed by atoms with van der Waals surface area (Å²) in [6.07, 6.45) is 4.66. The number of fused-ring (bicyclic) bond motifs is 1. The number of methoxy groups -OCH3 is 1. The second-order valence-corrected chi connectivity index (χ2v) is 5.74. The second-order valence-electron chi connectivity index (χ2n) is 5.74. The molecule has 1 aliphatic heterocycles. The van der Waals surface area contributed by atoms with E-state index in [2.05, 4.69) is 4.98 Å². The van der Waals surface area contributed by atoms with Crippen LogP contribution in [0.25, 0.3) is 0 Å². The van der Waals surface area contributed by atoms with E-state index in [1.807, 2.05) is 17.3 Å². The fraction of sp³-hybridized carbons (Fsp3) is 0.333. The van der Waals surface area contributed by atoms with Crippen LogP contribution in [0.3, 0.4) is 0 Å². The minimum Gasteiger partial charge on any atom is -0.380 e. The maximum Gasteiger partial charge on any atom is 0.227 e. The second kappa shape index (κ2) is 6.87. The number of amides is 1. The number of benzene rings is 1. The van der Waals surface area contributed by atoms with E-state index in [-0.39, 0.29) is 18.1 Å². The first-order valence-electron chi connectivity index (χ1n) is 7.63. The third kappa shape index (κ3) is 3.56. The molecular formula is C18H19FN2O2. The number of aromatic nitrogens is 1. The summed E-state index contributed by atoms with van der Waals surface area (Å²) in [6.45, 7) is 1.75. The van der Waals surface area contributed by atoms with E-state index in [9.17, 15) is 9.18 Å². The molecule has 5 heteroatoms. The van der Waals surface area contributed by atoms with Crippen molar-refractivity contribution in [3.63, 3.8) is 0 Å². The number of ether oxygens (including phenoxy) is 1. The van der Waals surface area contributed by atoms with Crippen LogP contribution in [0.2, 0.25) is 0 Å². The molecule has 0 aliphatic carbocycles. The molecule has 0 saturated carbocycles. The van der Waals surface area contributed by atoms with Crippen molar-refractivity contribution in [1.29, 1.82) is 0 Å². The zero-order chi connectivity index (χ0) is 16.2. The van der Waals surface area contributed by atoms with Crippen molar-refractivity contribution in [3.05, 3.63) is 64.7 Å². The van der Waals surface area contributed by atoms with E-state index >= 15 is 0 Å². The lowest BCUT2D eigenvalue weighted by atomic mass is 9.97. The number of carbonyl (C=O) groups is 1. The van der Waals surface area contributed by atoms with Crippen molar-refractivity contribution in [3.8, 4) is 0 Å². The van der Waals surface area contributed by atoms with Crippen LogP contribution >= 0.6 is 0 Å². The molecule has 1 aromatic carbocycles. The summed E-state index contributed by atoms with van der Waals surface area (Å²) in [4.78, 5) is 18.5. The smallest absolute Gasteiger partial charge is 0.227 e. The SMILES string of the molecule is COCc1cncc2c1CCN(C(=O)Cc1cccc(F)c1)C2. The van der Waals surface area contributed by atoms with Crippen molar-refractivity contribution in [1.82, 2.24) is 9.88 Å². The maximum absolute atomic E-state index is 13.2. The Bertz CT molecular complexity index is 718. The van der Waals surface area contributed by atoms with Crippen molar-refractivity contribution in [2.45, 2.75) is 26.0 Å². The molecule has 2 aromatic rings. The average Bonchev–Trinajstić information content (AvgIpc) is 2.55. The first-order valence-corrected chi connectivity index (χ1v) is 7.63. The molecule has 2 heterocycles. The minimum absolute atomic E-state index is 0.0124. The molecule has 120 valence electrons. The van der Waals surface area contributed by atoms with Gasteiger partial charge in [-0.3, -0.25) is 9.78 Å². The minimum atomic E-state index is -0.312. The van der Waals surface area contributed by atoms with Gasteiger partial charge >= 0.3 is 0 Å². The summed E-state index contributed by atoms with van der Waals surface area (Å²) >= 11 is 0. The highest BCUT2D eigenvalue weighted by atomic mass is 19.1. The first-order chi connectivity index (χ1) is 11.2. The van der Waals surface area contributed by atoms with Gasteiger partial charge in [0.25, 0.3) is 0 Å². The summed E-state index contributed by atoms with van der Waals surface area (Å²) in [5.41, 5.74) is 4.09. The molecule has 0 bridgehead atoms. The first kappa shape index (κ1) is 15.6. The summed E-state index contributed by atoms with van der Waals surface area (Å²) < 4.78 is 18.4. The van der Waals surface area contributed by atoms with Crippen LogP contribution in [0.15, 0.2) is 36.7 Å². The number of hydrogen-bond donors (Lipinski definition) is 0. The molecule has 23 heavy (non-hydrogen) atoms. The Kier molecular flexibility index (Phi) is 4.67. The normalized spacial score (nSPS) is 13.7. The lowest BCUT2D eigenvalue weighted by molar-refractivity contribution is -0.131. The van der Waals surface area contributed by atoms with E-state index in [1.165, 1.54) is 17.7 Å². The quantitative estimate of drug-likeness (QED) is 0.871. The third-order valence-electron chi connectivity index (χ3n) is 4.13. The van der Waals surface area contributed by atoms with Crippen LogP contribution in [0.1, 0.15) is 22.3 Å². The van der Waals surface area contributed by atoms with Crippen LogP contribution in [-0.4, -0.2) is 29.4 Å². The fourth-order valence-corrected chi connectivity index (χ4v) is 2.99. The average molecular weight is 314 g/mol. The molecule has 0 spiro atoms. The topological polar surface area (TPSA) is 42.4 Å². The molecule has 1 aromatic heterocycles. The van der Waals surface area contributed by atoms with E-state index < -0.39 is 0 Å². The Labute approximate surface area is 134 Å². The molecule has 3 rings (SSSR count). The van der Waals surface area contributed by atoms with Gasteiger partial charge in [-0.1, -0.05) is 12.1 Å². The molecule has 0 N–H and O–H groups in total. The summed E-state index contributed by atoms with van der Waals surface area (Å²) in [5.74, 6) is -0.300. The Morgan fingerprint density at radius 3 is 3.04 bits per heavy atom. The highest BCUT2D eigenvalue weighted by Crippen LogP contribution is 2.22. The zero-order valence-corrected chi connectivity index (χ0v) is 13.1. The fourth-order valence-electron chi connectivity index (χ4n) is 2.99. The van der Waals surface area contributed by atoms with Gasteiger partial charge in [-0.15, -0.1) is 0 Å². The van der Waals surface area contributed by atoms with Crippen molar-refractivity contribution < 1.29 is 13.9 Å². The van der Waals surface area contributed by atoms with Crippen LogP contribution in [0.5, 0.6) is 0 Å². The molecule has 0 fully saturated rings. The van der Waals surface area contributed by atoms with Crippen molar-refractivity contribution >= 4 is 5.91 Å². The number of hydrogen-bond acceptors (Lipinski definition) is 3. The highest BCUT2D eigenvalue weighted by Gasteiger charge is 2.22. The summed E-state index contributed by atoms with van der Waals surface area (Å²) in [5, 5.41) is 0. The van der Waals surface area contributed by atoms with E-state index in [1.54, 1.807) is 19.2 Å². The number of halogens is 1. The standard InChI is InChI=1S/C18H19FN2O2/c1-23-12-15-10-20-9-14-11-21(6-5-17(14)15)18(22)8-13-3-2-4-16(19)7-13/h2-4,7,9-10H,5-6,8,11-12H2,1H3. The van der Waals surface area contributed by atoms with Gasteiger partial charge in [0.15, 0.2) is 0 Å². The van der Waals surface area contributed by atoms with Crippen molar-refractivity contribution in [2.24, 2.45) is 0 Å². The summed E-state index contributed by atoms with van der Waals surface area (Å²) in [7, 11) is 1.66. The molecule has 4 nitrogen and oxygen atoms in total. The predicted molar refractivity (Wildman–Crippen MR) is 84.2 cm³/mol. The molecule has 0 atom stereocenters. The van der Waals surface area contributed by atoms with Gasteiger partial charge in [0.2, 0.25) is 5.91 Å². The lowest BCUT2D eigenvalue weighted by Gasteiger charge is -2.30. The molecule has 0 radical (unpaired) electrons. The Hall–Kier alpha value is -2.27. The third-order valence-corrected chi connectivity index (χ3v) is 4.13. The monoisotopic (exact) mass is 314 g/mol. The molecule has 1 aliphatic rings. The van der Waals surface area contributed by atoms with Crippen LogP contribution in [0, 0.1) is 5.82 Å². The zero-order valence-electron chi connectivity index (χ0n) is 13.1. The Balaban J connectivity index is 1.72. The Morgan fingerprint density at radius 2 is 2.26 bits per heavy atom. The number of carbonyl (C=O) groups excluding carboxylic acids is 1. The van der Waals surface area contributed by atoms with E-state index in [0.29, 0.717) is 25.3 Å².